The van der Waals surface area contributed by atoms with Gasteiger partial charge in [-0.1, -0.05) is 31.9 Å². The molecule has 3 rings (SSSR count). The van der Waals surface area contributed by atoms with Gasteiger partial charge in [0.2, 0.25) is 0 Å². The summed E-state index contributed by atoms with van der Waals surface area (Å²) in [6.45, 7) is 6.69. The molecule has 2 fully saturated rings. The van der Waals surface area contributed by atoms with Gasteiger partial charge >= 0.3 is 0 Å². The second-order valence-corrected chi connectivity index (χ2v) is 6.82. The van der Waals surface area contributed by atoms with E-state index in [4.69, 9.17) is 0 Å². The third-order valence-corrected chi connectivity index (χ3v) is 5.48. The Morgan fingerprint density at radius 1 is 1.10 bits per heavy atom. The summed E-state index contributed by atoms with van der Waals surface area (Å²) < 4.78 is 0. The molecule has 116 valence electrons. The minimum Gasteiger partial charge on any atom is -0.368 e. The summed E-state index contributed by atoms with van der Waals surface area (Å²) in [6.07, 6.45) is 8.59. The smallest absolute Gasteiger partial charge is 0.0369 e. The highest BCUT2D eigenvalue weighted by atomic mass is 15.2. The predicted octanol–water partition coefficient (Wildman–Crippen LogP) is 4.52. The van der Waals surface area contributed by atoms with Gasteiger partial charge in [-0.05, 0) is 62.8 Å². The molecule has 1 N–H and O–H groups in total. The lowest BCUT2D eigenvalue weighted by atomic mass is 9.95. The number of nitrogens with zero attached hydrogens (tertiary/aromatic N) is 1. The normalized spacial score (nSPS) is 24.7. The second kappa shape index (κ2) is 6.83. The third kappa shape index (κ3) is 3.26. The minimum absolute atomic E-state index is 0.452. The zero-order chi connectivity index (χ0) is 14.7. The fourth-order valence-corrected chi connectivity index (χ4v) is 4.32. The lowest BCUT2D eigenvalue weighted by Gasteiger charge is -2.31. The summed E-state index contributed by atoms with van der Waals surface area (Å²) in [7, 11) is 0. The quantitative estimate of drug-likeness (QED) is 0.856. The van der Waals surface area contributed by atoms with E-state index in [2.05, 4.69) is 48.3 Å². The fraction of sp³-hybridized carbons (Fsp3) is 0.684. The Morgan fingerprint density at radius 3 is 2.48 bits per heavy atom. The van der Waals surface area contributed by atoms with Gasteiger partial charge in [0, 0.05) is 24.3 Å². The van der Waals surface area contributed by atoms with Gasteiger partial charge in [-0.3, -0.25) is 0 Å². The minimum atomic E-state index is 0.452. The number of hydrogen-bond donors (Lipinski definition) is 1. The zero-order valence-corrected chi connectivity index (χ0v) is 13.6. The average molecular weight is 286 g/mol. The van der Waals surface area contributed by atoms with Crippen molar-refractivity contribution >= 4 is 5.69 Å². The van der Waals surface area contributed by atoms with E-state index in [-0.39, 0.29) is 0 Å². The molecule has 1 aliphatic carbocycles. The van der Waals surface area contributed by atoms with Crippen LogP contribution in [0.1, 0.15) is 64.0 Å². The van der Waals surface area contributed by atoms with Gasteiger partial charge in [0.05, 0.1) is 0 Å². The monoisotopic (exact) mass is 286 g/mol. The Bertz CT molecular complexity index is 433. The van der Waals surface area contributed by atoms with E-state index < -0.39 is 0 Å². The summed E-state index contributed by atoms with van der Waals surface area (Å²) in [4.78, 5) is 2.69. The van der Waals surface area contributed by atoms with Crippen LogP contribution < -0.4 is 10.2 Å². The highest BCUT2D eigenvalue weighted by Crippen LogP contribution is 2.37. The van der Waals surface area contributed by atoms with Crippen molar-refractivity contribution in [1.29, 1.82) is 0 Å². The molecule has 2 aliphatic rings. The van der Waals surface area contributed by atoms with Gasteiger partial charge in [0.15, 0.2) is 0 Å². The van der Waals surface area contributed by atoms with Gasteiger partial charge in [-0.2, -0.15) is 0 Å². The molecule has 2 heteroatoms. The summed E-state index contributed by atoms with van der Waals surface area (Å²) in [5.74, 6) is 0.952. The first kappa shape index (κ1) is 14.9. The molecular weight excluding hydrogens is 256 g/mol. The van der Waals surface area contributed by atoms with E-state index >= 15 is 0 Å². The molecule has 21 heavy (non-hydrogen) atoms. The molecule has 1 saturated carbocycles. The number of rotatable bonds is 5. The van der Waals surface area contributed by atoms with Crippen LogP contribution in [0.15, 0.2) is 24.3 Å². The van der Waals surface area contributed by atoms with Crippen LogP contribution in [0.2, 0.25) is 0 Å². The summed E-state index contributed by atoms with van der Waals surface area (Å²) >= 11 is 0. The topological polar surface area (TPSA) is 15.3 Å². The van der Waals surface area contributed by atoms with Crippen molar-refractivity contribution in [3.63, 3.8) is 0 Å². The number of benzene rings is 1. The average Bonchev–Trinajstić information content (AvgIpc) is 3.18. The fourth-order valence-electron chi connectivity index (χ4n) is 4.32. The maximum absolute atomic E-state index is 3.49. The van der Waals surface area contributed by atoms with Gasteiger partial charge < -0.3 is 10.2 Å². The molecule has 2 nitrogen and oxygen atoms in total. The summed E-state index contributed by atoms with van der Waals surface area (Å²) in [5.41, 5.74) is 2.84. The van der Waals surface area contributed by atoms with Crippen LogP contribution in [-0.4, -0.2) is 19.1 Å². The molecule has 2 unspecified atom stereocenters. The predicted molar refractivity (Wildman–Crippen MR) is 90.9 cm³/mol. The van der Waals surface area contributed by atoms with Gasteiger partial charge in [0.25, 0.3) is 0 Å². The Balaban J connectivity index is 1.70. The van der Waals surface area contributed by atoms with Crippen molar-refractivity contribution in [3.05, 3.63) is 29.8 Å². The number of anilines is 1. The maximum atomic E-state index is 3.49. The van der Waals surface area contributed by atoms with E-state index in [1.54, 1.807) is 0 Å². The molecule has 1 aromatic rings. The van der Waals surface area contributed by atoms with Crippen LogP contribution in [-0.2, 0) is 0 Å². The third-order valence-electron chi connectivity index (χ3n) is 5.48. The molecule has 2 atom stereocenters. The van der Waals surface area contributed by atoms with Gasteiger partial charge in [0.1, 0.15) is 0 Å². The molecule has 1 aliphatic heterocycles. The summed E-state index contributed by atoms with van der Waals surface area (Å²) in [6, 6.07) is 10.6. The van der Waals surface area contributed by atoms with Gasteiger partial charge in [-0.15, -0.1) is 0 Å². The lowest BCUT2D eigenvalue weighted by molar-refractivity contribution is 0.431. The molecule has 0 aromatic heterocycles. The highest BCUT2D eigenvalue weighted by molar-refractivity contribution is 5.50. The van der Waals surface area contributed by atoms with E-state index in [0.29, 0.717) is 6.04 Å². The van der Waals surface area contributed by atoms with Crippen LogP contribution >= 0.6 is 0 Å². The Kier molecular flexibility index (Phi) is 4.84. The first-order valence-electron chi connectivity index (χ1n) is 8.89. The van der Waals surface area contributed by atoms with Crippen LogP contribution in [0.5, 0.6) is 0 Å². The first-order chi connectivity index (χ1) is 10.3. The van der Waals surface area contributed by atoms with Gasteiger partial charge in [-0.25, -0.2) is 0 Å². The SMILES string of the molecule is CCNC(C)c1ccc(N2CCCC2C2CCCC2)cc1. The van der Waals surface area contributed by atoms with Crippen molar-refractivity contribution in [3.8, 4) is 0 Å². The van der Waals surface area contributed by atoms with Crippen LogP contribution in [0.4, 0.5) is 5.69 Å². The zero-order valence-electron chi connectivity index (χ0n) is 13.6. The largest absolute Gasteiger partial charge is 0.368 e. The summed E-state index contributed by atoms with van der Waals surface area (Å²) in [5, 5.41) is 3.49. The van der Waals surface area contributed by atoms with E-state index in [1.165, 1.54) is 56.3 Å². The molecule has 1 aromatic carbocycles. The molecule has 0 bridgehead atoms. The van der Waals surface area contributed by atoms with Crippen molar-refractivity contribution in [2.75, 3.05) is 18.0 Å². The van der Waals surface area contributed by atoms with Crippen molar-refractivity contribution in [2.24, 2.45) is 5.92 Å². The number of hydrogen-bond acceptors (Lipinski definition) is 2. The van der Waals surface area contributed by atoms with Crippen LogP contribution in [0.25, 0.3) is 0 Å². The molecule has 0 spiro atoms. The molecule has 1 saturated heterocycles. The van der Waals surface area contributed by atoms with Crippen LogP contribution in [0, 0.1) is 5.92 Å². The number of nitrogens with one attached hydrogen (secondary N) is 1. The van der Waals surface area contributed by atoms with Crippen molar-refractivity contribution < 1.29 is 0 Å². The van der Waals surface area contributed by atoms with Crippen molar-refractivity contribution in [1.82, 2.24) is 5.32 Å². The van der Waals surface area contributed by atoms with E-state index in [9.17, 15) is 0 Å². The van der Waals surface area contributed by atoms with Crippen molar-refractivity contribution in [2.45, 2.75) is 64.5 Å². The van der Waals surface area contributed by atoms with Crippen LogP contribution in [0.3, 0.4) is 0 Å². The molecule has 0 amide bonds. The Morgan fingerprint density at radius 2 is 1.81 bits per heavy atom. The maximum Gasteiger partial charge on any atom is 0.0369 e. The second-order valence-electron chi connectivity index (χ2n) is 6.82. The van der Waals surface area contributed by atoms with E-state index in [0.717, 1.165) is 18.5 Å². The highest BCUT2D eigenvalue weighted by Gasteiger charge is 2.33. The Labute approximate surface area is 129 Å². The molecule has 0 radical (unpaired) electrons. The first-order valence-corrected chi connectivity index (χ1v) is 8.89. The molecule has 1 heterocycles. The Hall–Kier alpha value is -1.02. The molecular formula is C19H30N2. The standard InChI is InChI=1S/C19H30N2/c1-3-20-15(2)16-10-12-18(13-11-16)21-14-6-9-19(21)17-7-4-5-8-17/h10-13,15,17,19-20H,3-9,14H2,1-2H3. The lowest BCUT2D eigenvalue weighted by Crippen LogP contribution is -2.34. The van der Waals surface area contributed by atoms with E-state index in [1.807, 2.05) is 0 Å².